The molecule has 6 nitrogen and oxygen atoms in total. The second-order valence-corrected chi connectivity index (χ2v) is 7.06. The third kappa shape index (κ3) is 4.56. The number of carbonyl (C=O) groups excluding carboxylic acids is 1. The highest BCUT2D eigenvalue weighted by Gasteiger charge is 2.11. The van der Waals surface area contributed by atoms with E-state index in [1.807, 2.05) is 29.6 Å². The van der Waals surface area contributed by atoms with Crippen LogP contribution in [0.2, 0.25) is 0 Å². The number of nitrogens with zero attached hydrogens (tertiary/aromatic N) is 2. The van der Waals surface area contributed by atoms with Crippen LogP contribution in [0.1, 0.15) is 18.9 Å². The third-order valence-electron chi connectivity index (χ3n) is 3.97. The molecular formula is C19H20N2O4S. The summed E-state index contributed by atoms with van der Waals surface area (Å²) < 4.78 is 7.57. The maximum atomic E-state index is 12.3. The highest BCUT2D eigenvalue weighted by Crippen LogP contribution is 2.15. The van der Waals surface area contributed by atoms with Crippen molar-refractivity contribution in [1.82, 2.24) is 9.55 Å². The zero-order chi connectivity index (χ0) is 18.5. The third-order valence-corrected chi connectivity index (χ3v) is 4.87. The fraction of sp³-hybridized carbons (Fsp3) is 0.316. The molecule has 1 N–H and O–H groups in total. The molecule has 1 unspecified atom stereocenters. The fourth-order valence-corrected chi connectivity index (χ4v) is 3.35. The number of hydrogen-bond donors (Lipinski definition) is 1. The first kappa shape index (κ1) is 18.3. The molecule has 136 valence electrons. The minimum atomic E-state index is -0.829. The van der Waals surface area contributed by atoms with Crippen molar-refractivity contribution in [2.75, 3.05) is 6.61 Å². The standard InChI is InChI=1S/C19H20N2O4S/c1-13(22)2-3-14-4-6-16(7-5-14)25-11-15(23)10-21-12-20-17-8-9-26-18(17)19(21)24/h4-9,12,15,23H,2-3,10-11H2,1H3. The maximum absolute atomic E-state index is 12.3. The average Bonchev–Trinajstić information content (AvgIpc) is 3.11. The molecule has 7 heteroatoms. The summed E-state index contributed by atoms with van der Waals surface area (Å²) in [4.78, 5) is 27.5. The predicted molar refractivity (Wildman–Crippen MR) is 101 cm³/mol. The van der Waals surface area contributed by atoms with E-state index in [2.05, 4.69) is 4.98 Å². The first-order valence-corrected chi connectivity index (χ1v) is 9.23. The Morgan fingerprint density at radius 1 is 1.31 bits per heavy atom. The van der Waals surface area contributed by atoms with E-state index in [-0.39, 0.29) is 24.5 Å². The van der Waals surface area contributed by atoms with Gasteiger partial charge in [0.2, 0.25) is 0 Å². The van der Waals surface area contributed by atoms with Gasteiger partial charge in [-0.2, -0.15) is 0 Å². The molecule has 0 amide bonds. The van der Waals surface area contributed by atoms with E-state index >= 15 is 0 Å². The number of Topliss-reactive ketones (excluding diaryl/α,β-unsaturated/α-hetero) is 1. The van der Waals surface area contributed by atoms with Crippen LogP contribution < -0.4 is 10.3 Å². The van der Waals surface area contributed by atoms with Crippen LogP contribution in [0.25, 0.3) is 10.2 Å². The van der Waals surface area contributed by atoms with Gasteiger partial charge in [0.25, 0.3) is 5.56 Å². The quantitative estimate of drug-likeness (QED) is 0.657. The van der Waals surface area contributed by atoms with Gasteiger partial charge >= 0.3 is 0 Å². The lowest BCUT2D eigenvalue weighted by Gasteiger charge is -2.14. The summed E-state index contributed by atoms with van der Waals surface area (Å²) in [5.41, 5.74) is 1.58. The minimum absolute atomic E-state index is 0.0711. The highest BCUT2D eigenvalue weighted by atomic mass is 32.1. The molecule has 1 atom stereocenters. The Hall–Kier alpha value is -2.51. The number of aromatic nitrogens is 2. The number of thiophene rings is 1. The van der Waals surface area contributed by atoms with Crippen molar-refractivity contribution in [3.05, 3.63) is 58.0 Å². The Morgan fingerprint density at radius 3 is 2.81 bits per heavy atom. The van der Waals surface area contributed by atoms with Crippen LogP contribution in [-0.4, -0.2) is 33.2 Å². The van der Waals surface area contributed by atoms with Crippen LogP contribution >= 0.6 is 11.3 Å². The summed E-state index contributed by atoms with van der Waals surface area (Å²) in [6.07, 6.45) is 1.85. The van der Waals surface area contributed by atoms with E-state index in [1.165, 1.54) is 22.2 Å². The number of aliphatic hydroxyl groups is 1. The summed E-state index contributed by atoms with van der Waals surface area (Å²) in [7, 11) is 0. The van der Waals surface area contributed by atoms with E-state index in [0.717, 1.165) is 5.56 Å². The van der Waals surface area contributed by atoms with E-state index in [0.29, 0.717) is 28.8 Å². The number of rotatable bonds is 8. The number of ether oxygens (including phenoxy) is 1. The van der Waals surface area contributed by atoms with E-state index in [1.54, 1.807) is 13.0 Å². The number of benzene rings is 1. The van der Waals surface area contributed by atoms with Gasteiger partial charge in [-0.25, -0.2) is 4.98 Å². The van der Waals surface area contributed by atoms with Crippen molar-refractivity contribution in [3.8, 4) is 5.75 Å². The summed E-state index contributed by atoms with van der Waals surface area (Å²) in [6, 6.07) is 9.24. The van der Waals surface area contributed by atoms with Crippen LogP contribution in [0.15, 0.2) is 46.8 Å². The number of carbonyl (C=O) groups is 1. The van der Waals surface area contributed by atoms with Gasteiger partial charge in [-0.15, -0.1) is 11.3 Å². The van der Waals surface area contributed by atoms with E-state index < -0.39 is 6.10 Å². The number of hydrogen-bond acceptors (Lipinski definition) is 6. The zero-order valence-corrected chi connectivity index (χ0v) is 15.2. The van der Waals surface area contributed by atoms with Gasteiger partial charge in [0.05, 0.1) is 18.4 Å². The van der Waals surface area contributed by atoms with Crippen molar-refractivity contribution in [3.63, 3.8) is 0 Å². The van der Waals surface area contributed by atoms with Crippen LogP contribution in [-0.2, 0) is 17.8 Å². The van der Waals surface area contributed by atoms with Crippen LogP contribution in [0.4, 0.5) is 0 Å². The number of fused-ring (bicyclic) bond motifs is 1. The molecule has 1 aromatic carbocycles. The Balaban J connectivity index is 1.54. The van der Waals surface area contributed by atoms with Gasteiger partial charge in [0, 0.05) is 6.42 Å². The van der Waals surface area contributed by atoms with Gasteiger partial charge in [-0.3, -0.25) is 9.36 Å². The first-order chi connectivity index (χ1) is 12.5. The molecule has 26 heavy (non-hydrogen) atoms. The average molecular weight is 372 g/mol. The molecule has 0 radical (unpaired) electrons. The molecule has 0 aliphatic rings. The van der Waals surface area contributed by atoms with Crippen LogP contribution in [0.3, 0.4) is 0 Å². The SMILES string of the molecule is CC(=O)CCc1ccc(OCC(O)Cn2cnc3ccsc3c2=O)cc1. The van der Waals surface area contributed by atoms with Gasteiger partial charge < -0.3 is 14.6 Å². The number of aliphatic hydroxyl groups excluding tert-OH is 1. The van der Waals surface area contributed by atoms with Crippen molar-refractivity contribution < 1.29 is 14.6 Å². The van der Waals surface area contributed by atoms with Crippen molar-refractivity contribution in [2.24, 2.45) is 0 Å². The topological polar surface area (TPSA) is 81.4 Å². The maximum Gasteiger partial charge on any atom is 0.271 e. The summed E-state index contributed by atoms with van der Waals surface area (Å²) in [5, 5.41) is 12.0. The first-order valence-electron chi connectivity index (χ1n) is 8.35. The molecule has 0 saturated carbocycles. The largest absolute Gasteiger partial charge is 0.491 e. The van der Waals surface area contributed by atoms with Crippen LogP contribution in [0.5, 0.6) is 5.75 Å². The second kappa shape index (κ2) is 8.25. The van der Waals surface area contributed by atoms with Gasteiger partial charge in [0.1, 0.15) is 28.9 Å². The lowest BCUT2D eigenvalue weighted by Crippen LogP contribution is -2.30. The van der Waals surface area contributed by atoms with E-state index in [9.17, 15) is 14.7 Å². The lowest BCUT2D eigenvalue weighted by atomic mass is 10.1. The molecular weight excluding hydrogens is 352 g/mol. The monoisotopic (exact) mass is 372 g/mol. The van der Waals surface area contributed by atoms with Crippen molar-refractivity contribution >= 4 is 27.3 Å². The van der Waals surface area contributed by atoms with Gasteiger partial charge in [-0.05, 0) is 42.5 Å². The fourth-order valence-electron chi connectivity index (χ4n) is 2.55. The van der Waals surface area contributed by atoms with Gasteiger partial charge in [0.15, 0.2) is 0 Å². The highest BCUT2D eigenvalue weighted by molar-refractivity contribution is 7.17. The molecule has 0 fully saturated rings. The summed E-state index contributed by atoms with van der Waals surface area (Å²) in [6.45, 7) is 1.77. The normalized spacial score (nSPS) is 12.2. The zero-order valence-electron chi connectivity index (χ0n) is 14.4. The number of ketones is 1. The van der Waals surface area contributed by atoms with Gasteiger partial charge in [-0.1, -0.05) is 12.1 Å². The Kier molecular flexibility index (Phi) is 5.80. The van der Waals surface area contributed by atoms with Crippen molar-refractivity contribution in [2.45, 2.75) is 32.4 Å². The summed E-state index contributed by atoms with van der Waals surface area (Å²) in [5.74, 6) is 0.800. The van der Waals surface area contributed by atoms with Crippen LogP contribution in [0, 0.1) is 0 Å². The molecule has 2 aromatic heterocycles. The smallest absolute Gasteiger partial charge is 0.271 e. The molecule has 2 heterocycles. The molecule has 3 rings (SSSR count). The summed E-state index contributed by atoms with van der Waals surface area (Å²) >= 11 is 1.34. The molecule has 0 spiro atoms. The molecule has 0 aliphatic heterocycles. The molecule has 0 bridgehead atoms. The Bertz CT molecular complexity index is 946. The van der Waals surface area contributed by atoms with E-state index in [4.69, 9.17) is 4.74 Å². The predicted octanol–water partition coefficient (Wildman–Crippen LogP) is 2.42. The molecule has 0 aliphatic carbocycles. The Labute approximate surface area is 154 Å². The molecule has 0 saturated heterocycles. The number of aryl methyl sites for hydroxylation is 1. The lowest BCUT2D eigenvalue weighted by molar-refractivity contribution is -0.116. The molecule has 3 aromatic rings. The second-order valence-electron chi connectivity index (χ2n) is 6.15. The Morgan fingerprint density at radius 2 is 2.08 bits per heavy atom. The van der Waals surface area contributed by atoms with Crippen molar-refractivity contribution in [1.29, 1.82) is 0 Å². The minimum Gasteiger partial charge on any atom is -0.491 e.